The first-order valence-electron chi connectivity index (χ1n) is 10.4. The molecule has 9 nitrogen and oxygen atoms in total. The fraction of sp³-hybridized carbons (Fsp3) is 0.571. The van der Waals surface area contributed by atoms with Gasteiger partial charge in [0.2, 0.25) is 15.9 Å². The molecule has 0 spiro atoms. The molecular weight excluding hydrogens is 422 g/mol. The summed E-state index contributed by atoms with van der Waals surface area (Å²) in [4.78, 5) is 37.4. The number of hydrogen-bond donors (Lipinski definition) is 1. The van der Waals surface area contributed by atoms with Crippen LogP contribution in [-0.4, -0.2) is 68.2 Å². The summed E-state index contributed by atoms with van der Waals surface area (Å²) in [6.45, 7) is 2.88. The molecule has 0 aliphatic heterocycles. The third-order valence-electron chi connectivity index (χ3n) is 5.27. The second kappa shape index (κ2) is 11.2. The summed E-state index contributed by atoms with van der Waals surface area (Å²) in [5, 5.41) is 2.55. The van der Waals surface area contributed by atoms with Crippen LogP contribution in [0.1, 0.15) is 46.0 Å². The molecule has 0 atom stereocenters. The molecule has 1 saturated carbocycles. The van der Waals surface area contributed by atoms with Gasteiger partial charge in [0.15, 0.2) is 6.61 Å². The van der Waals surface area contributed by atoms with E-state index < -0.39 is 29.1 Å². The van der Waals surface area contributed by atoms with E-state index in [2.05, 4.69) is 5.32 Å². The number of sulfonamides is 1. The van der Waals surface area contributed by atoms with Crippen LogP contribution in [0.5, 0.6) is 0 Å². The molecule has 0 unspecified atom stereocenters. The van der Waals surface area contributed by atoms with Gasteiger partial charge in [0.1, 0.15) is 6.54 Å². The molecule has 31 heavy (non-hydrogen) atoms. The van der Waals surface area contributed by atoms with Crippen molar-refractivity contribution in [1.29, 1.82) is 0 Å². The van der Waals surface area contributed by atoms with Gasteiger partial charge < -0.3 is 15.0 Å². The minimum Gasteiger partial charge on any atom is -0.455 e. The number of rotatable bonds is 9. The summed E-state index contributed by atoms with van der Waals surface area (Å²) in [5.41, 5.74) is 0.463. The smallest absolute Gasteiger partial charge is 0.321 e. The standard InChI is InChI=1S/C21H31N3O6S/c1-4-24(18-8-6-5-7-9-18)20(26)15-30-21(27)14-23(3)31(28,29)19-12-10-17(11-13-19)22-16(2)25/h10-13,18H,4-9,14-15H2,1-3H3,(H,22,25). The van der Waals surface area contributed by atoms with Gasteiger partial charge in [-0.2, -0.15) is 4.31 Å². The Kier molecular flexibility index (Phi) is 9.00. The van der Waals surface area contributed by atoms with Crippen LogP contribution in [0.25, 0.3) is 0 Å². The van der Waals surface area contributed by atoms with Gasteiger partial charge in [-0.3, -0.25) is 14.4 Å². The quantitative estimate of drug-likeness (QED) is 0.572. The van der Waals surface area contributed by atoms with E-state index in [1.165, 1.54) is 44.7 Å². The first-order chi connectivity index (χ1) is 14.6. The van der Waals surface area contributed by atoms with Crippen molar-refractivity contribution in [2.24, 2.45) is 0 Å². The topological polar surface area (TPSA) is 113 Å². The number of carbonyl (C=O) groups is 3. The highest BCUT2D eigenvalue weighted by Crippen LogP contribution is 2.22. The number of anilines is 1. The number of hydrogen-bond acceptors (Lipinski definition) is 6. The number of ether oxygens (including phenoxy) is 1. The Morgan fingerprint density at radius 1 is 1.10 bits per heavy atom. The molecule has 0 aromatic heterocycles. The van der Waals surface area contributed by atoms with Crippen molar-refractivity contribution < 1.29 is 27.5 Å². The molecule has 0 saturated heterocycles. The number of esters is 1. The van der Waals surface area contributed by atoms with Crippen LogP contribution in [-0.2, 0) is 29.1 Å². The van der Waals surface area contributed by atoms with Crippen LogP contribution in [0.15, 0.2) is 29.2 Å². The Morgan fingerprint density at radius 2 is 1.71 bits per heavy atom. The van der Waals surface area contributed by atoms with E-state index in [0.717, 1.165) is 30.0 Å². The Hall–Kier alpha value is -2.46. The Bertz CT molecular complexity index is 879. The van der Waals surface area contributed by atoms with Crippen LogP contribution in [0.2, 0.25) is 0 Å². The van der Waals surface area contributed by atoms with Crippen LogP contribution < -0.4 is 5.32 Å². The number of likely N-dealkylation sites (N-methyl/N-ethyl adjacent to an activating group) is 2. The predicted molar refractivity (Wildman–Crippen MR) is 116 cm³/mol. The molecule has 1 aromatic rings. The van der Waals surface area contributed by atoms with Gasteiger partial charge in [-0.05, 0) is 44.0 Å². The highest BCUT2D eigenvalue weighted by Gasteiger charge is 2.27. The summed E-state index contributed by atoms with van der Waals surface area (Å²) in [6, 6.07) is 5.78. The summed E-state index contributed by atoms with van der Waals surface area (Å²) in [6.07, 6.45) is 5.25. The molecule has 0 bridgehead atoms. The lowest BCUT2D eigenvalue weighted by molar-refractivity contribution is -0.153. The van der Waals surface area contributed by atoms with Crippen LogP contribution in [0.3, 0.4) is 0 Å². The lowest BCUT2D eigenvalue weighted by Crippen LogP contribution is -2.43. The minimum absolute atomic E-state index is 0.0255. The first-order valence-corrected chi connectivity index (χ1v) is 11.9. The van der Waals surface area contributed by atoms with E-state index in [-0.39, 0.29) is 22.8 Å². The maximum Gasteiger partial charge on any atom is 0.321 e. The minimum atomic E-state index is -3.93. The van der Waals surface area contributed by atoms with Crippen molar-refractivity contribution in [3.8, 4) is 0 Å². The molecule has 1 fully saturated rings. The highest BCUT2D eigenvalue weighted by atomic mass is 32.2. The highest BCUT2D eigenvalue weighted by molar-refractivity contribution is 7.89. The van der Waals surface area contributed by atoms with E-state index >= 15 is 0 Å². The molecular formula is C21H31N3O6S. The monoisotopic (exact) mass is 453 g/mol. The summed E-state index contributed by atoms with van der Waals surface area (Å²) in [7, 11) is -2.67. The molecule has 1 aliphatic rings. The van der Waals surface area contributed by atoms with Gasteiger partial charge in [0, 0.05) is 32.2 Å². The molecule has 1 aliphatic carbocycles. The third kappa shape index (κ3) is 7.03. The zero-order chi connectivity index (χ0) is 23.0. The molecule has 0 heterocycles. The van der Waals surface area contributed by atoms with Crippen molar-refractivity contribution in [2.75, 3.05) is 32.1 Å². The van der Waals surface area contributed by atoms with Crippen molar-refractivity contribution in [3.63, 3.8) is 0 Å². The number of carbonyl (C=O) groups excluding carboxylic acids is 3. The Morgan fingerprint density at radius 3 is 2.26 bits per heavy atom. The van der Waals surface area contributed by atoms with Crippen LogP contribution in [0, 0.1) is 0 Å². The van der Waals surface area contributed by atoms with Gasteiger partial charge in [0.25, 0.3) is 5.91 Å². The zero-order valence-corrected chi connectivity index (χ0v) is 19.1. The molecule has 10 heteroatoms. The largest absolute Gasteiger partial charge is 0.455 e. The summed E-state index contributed by atoms with van der Waals surface area (Å²) < 4.78 is 31.2. The van der Waals surface area contributed by atoms with Crippen molar-refractivity contribution in [1.82, 2.24) is 9.21 Å². The maximum absolute atomic E-state index is 12.7. The summed E-state index contributed by atoms with van der Waals surface area (Å²) >= 11 is 0. The van der Waals surface area contributed by atoms with Gasteiger partial charge in [-0.15, -0.1) is 0 Å². The SMILES string of the molecule is CCN(C(=O)COC(=O)CN(C)S(=O)(=O)c1ccc(NC(C)=O)cc1)C1CCCCC1. The first kappa shape index (κ1) is 24.8. The normalized spacial score (nSPS) is 14.8. The average molecular weight is 454 g/mol. The van der Waals surface area contributed by atoms with E-state index in [4.69, 9.17) is 4.74 Å². The number of nitrogens with zero attached hydrogens (tertiary/aromatic N) is 2. The van der Waals surface area contributed by atoms with E-state index in [1.807, 2.05) is 6.92 Å². The summed E-state index contributed by atoms with van der Waals surface area (Å²) in [5.74, 6) is -1.33. The molecule has 2 amide bonds. The molecule has 172 valence electrons. The fourth-order valence-electron chi connectivity index (χ4n) is 3.66. The van der Waals surface area contributed by atoms with E-state index in [9.17, 15) is 22.8 Å². The predicted octanol–water partition coefficient (Wildman–Crippen LogP) is 1.99. The van der Waals surface area contributed by atoms with Crippen molar-refractivity contribution in [3.05, 3.63) is 24.3 Å². The zero-order valence-electron chi connectivity index (χ0n) is 18.3. The van der Waals surface area contributed by atoms with Crippen LogP contribution >= 0.6 is 0 Å². The van der Waals surface area contributed by atoms with Crippen LogP contribution in [0.4, 0.5) is 5.69 Å². The average Bonchev–Trinajstić information content (AvgIpc) is 2.73. The lowest BCUT2D eigenvalue weighted by Gasteiger charge is -2.33. The second-order valence-electron chi connectivity index (χ2n) is 7.60. The van der Waals surface area contributed by atoms with Gasteiger partial charge >= 0.3 is 5.97 Å². The van der Waals surface area contributed by atoms with Gasteiger partial charge in [0.05, 0.1) is 4.90 Å². The van der Waals surface area contributed by atoms with Crippen molar-refractivity contribution >= 4 is 33.5 Å². The Labute approximate surface area is 183 Å². The molecule has 2 rings (SSSR count). The van der Waals surface area contributed by atoms with Crippen molar-refractivity contribution in [2.45, 2.75) is 56.9 Å². The molecule has 0 radical (unpaired) electrons. The maximum atomic E-state index is 12.7. The van der Waals surface area contributed by atoms with E-state index in [0.29, 0.717) is 12.2 Å². The van der Waals surface area contributed by atoms with Gasteiger partial charge in [-0.1, -0.05) is 19.3 Å². The number of benzene rings is 1. The van der Waals surface area contributed by atoms with Gasteiger partial charge in [-0.25, -0.2) is 8.42 Å². The molecule has 1 aromatic carbocycles. The Balaban J connectivity index is 1.90. The fourth-order valence-corrected chi connectivity index (χ4v) is 4.78. The van der Waals surface area contributed by atoms with E-state index in [1.54, 1.807) is 4.90 Å². The second-order valence-corrected chi connectivity index (χ2v) is 9.64. The number of amides is 2. The number of nitrogens with one attached hydrogen (secondary N) is 1. The third-order valence-corrected chi connectivity index (χ3v) is 7.09. The molecule has 1 N–H and O–H groups in total. The lowest BCUT2D eigenvalue weighted by atomic mass is 9.94.